The molecule has 1 N–H and O–H groups in total. The van der Waals surface area contributed by atoms with Crippen LogP contribution in [0.25, 0.3) is 0 Å². The van der Waals surface area contributed by atoms with E-state index in [1.54, 1.807) is 32.1 Å². The molecule has 23 heavy (non-hydrogen) atoms. The normalized spacial score (nSPS) is 23.6. The lowest BCUT2D eigenvalue weighted by atomic mass is 10.0. The Morgan fingerprint density at radius 1 is 1.39 bits per heavy atom. The van der Waals surface area contributed by atoms with Crippen LogP contribution in [0.4, 0.5) is 5.69 Å². The third-order valence-corrected chi connectivity index (χ3v) is 3.90. The van der Waals surface area contributed by atoms with Gasteiger partial charge in [-0.25, -0.2) is 0 Å². The van der Waals surface area contributed by atoms with Gasteiger partial charge in [0, 0.05) is 30.8 Å². The van der Waals surface area contributed by atoms with Crippen LogP contribution >= 0.6 is 0 Å². The Bertz CT molecular complexity index is 644. The number of rotatable bonds is 3. The Kier molecular flexibility index (Phi) is 4.09. The number of nitro benzene ring substituents is 1. The van der Waals surface area contributed by atoms with E-state index in [-0.39, 0.29) is 11.7 Å². The van der Waals surface area contributed by atoms with Gasteiger partial charge in [0.25, 0.3) is 5.69 Å². The molecule has 0 radical (unpaired) electrons. The van der Waals surface area contributed by atoms with Crippen molar-refractivity contribution >= 4 is 5.69 Å². The monoisotopic (exact) mass is 320 g/mol. The number of benzene rings is 1. The summed E-state index contributed by atoms with van der Waals surface area (Å²) in [5.74, 6) is 1.21. The Balaban J connectivity index is 2.04. The summed E-state index contributed by atoms with van der Waals surface area (Å²) >= 11 is 0. The highest BCUT2D eigenvalue weighted by Crippen LogP contribution is 2.45. The lowest BCUT2D eigenvalue weighted by molar-refractivity contribution is -0.384. The number of hydrogen-bond acceptors (Lipinski definition) is 6. The number of non-ortho nitro benzene ring substituents is 1. The maximum Gasteiger partial charge on any atom is 0.270 e. The van der Waals surface area contributed by atoms with E-state index in [1.807, 2.05) is 0 Å². The second-order valence-electron chi connectivity index (χ2n) is 6.33. The number of ether oxygens (including phenoxy) is 2. The molecule has 7 heteroatoms. The Labute approximate surface area is 134 Å². The summed E-state index contributed by atoms with van der Waals surface area (Å²) in [4.78, 5) is 12.8. The first-order valence-electron chi connectivity index (χ1n) is 7.58. The smallest absolute Gasteiger partial charge is 0.270 e. The van der Waals surface area contributed by atoms with E-state index in [4.69, 9.17) is 9.47 Å². The molecular weight excluding hydrogens is 300 g/mol. The Morgan fingerprint density at radius 2 is 2.09 bits per heavy atom. The predicted octanol–water partition coefficient (Wildman–Crippen LogP) is 2.02. The first-order valence-corrected chi connectivity index (χ1v) is 7.58. The number of morpholine rings is 1. The molecule has 0 spiro atoms. The third kappa shape index (κ3) is 3.36. The van der Waals surface area contributed by atoms with Gasteiger partial charge in [0.05, 0.1) is 29.8 Å². The summed E-state index contributed by atoms with van der Waals surface area (Å²) in [7, 11) is 0. The maximum absolute atomic E-state index is 11.1. The summed E-state index contributed by atoms with van der Waals surface area (Å²) in [6.07, 6.45) is 1.67. The van der Waals surface area contributed by atoms with Gasteiger partial charge in [0.2, 0.25) is 0 Å². The molecule has 1 saturated heterocycles. The van der Waals surface area contributed by atoms with Gasteiger partial charge in [0.1, 0.15) is 11.5 Å². The van der Waals surface area contributed by atoms with Crippen molar-refractivity contribution in [2.24, 2.45) is 0 Å². The molecular formula is C16H20N2O5. The highest BCUT2D eigenvalue weighted by atomic mass is 16.6. The SMILES string of the molecule is CC(C)(O)/C=C1/Oc2ccc([N+](=O)[O-])cc2[C@@H]1N1CCOCC1. The minimum Gasteiger partial charge on any atom is -0.460 e. The first kappa shape index (κ1) is 15.9. The third-order valence-electron chi connectivity index (χ3n) is 3.90. The Hall–Kier alpha value is -1.96. The van der Waals surface area contributed by atoms with Crippen LogP contribution in [0, 0.1) is 10.1 Å². The molecule has 1 aromatic carbocycles. The van der Waals surface area contributed by atoms with Crippen LogP contribution in [0.3, 0.4) is 0 Å². The van der Waals surface area contributed by atoms with Crippen molar-refractivity contribution in [3.05, 3.63) is 45.7 Å². The van der Waals surface area contributed by atoms with Crippen molar-refractivity contribution in [2.45, 2.75) is 25.5 Å². The predicted molar refractivity (Wildman–Crippen MR) is 83.2 cm³/mol. The standard InChI is InChI=1S/C16H20N2O5/c1-16(2,19)10-14-15(17-5-7-22-8-6-17)12-9-11(18(20)21)3-4-13(12)23-14/h3-4,9-10,15,19H,5-8H2,1-2H3/b14-10+/t15-/m0/s1. The van der Waals surface area contributed by atoms with Crippen LogP contribution in [0.15, 0.2) is 30.0 Å². The number of fused-ring (bicyclic) bond motifs is 1. The Morgan fingerprint density at radius 3 is 2.70 bits per heavy atom. The van der Waals surface area contributed by atoms with Crippen LogP contribution in [-0.4, -0.2) is 46.8 Å². The summed E-state index contributed by atoms with van der Waals surface area (Å²) in [5.41, 5.74) is -0.236. The molecule has 0 unspecified atom stereocenters. The van der Waals surface area contributed by atoms with E-state index >= 15 is 0 Å². The average Bonchev–Trinajstić information content (AvgIpc) is 2.82. The van der Waals surface area contributed by atoms with E-state index in [0.717, 1.165) is 5.56 Å². The molecule has 0 aromatic heterocycles. The maximum atomic E-state index is 11.1. The zero-order chi connectivity index (χ0) is 16.6. The fraction of sp³-hybridized carbons (Fsp3) is 0.500. The molecule has 7 nitrogen and oxygen atoms in total. The van der Waals surface area contributed by atoms with Gasteiger partial charge < -0.3 is 14.6 Å². The molecule has 1 aromatic rings. The minimum absolute atomic E-state index is 0.0371. The van der Waals surface area contributed by atoms with Crippen LogP contribution in [0.2, 0.25) is 0 Å². The van der Waals surface area contributed by atoms with E-state index < -0.39 is 10.5 Å². The van der Waals surface area contributed by atoms with Crippen LogP contribution < -0.4 is 4.74 Å². The first-order chi connectivity index (χ1) is 10.8. The second-order valence-corrected chi connectivity index (χ2v) is 6.33. The van der Waals surface area contributed by atoms with Crippen LogP contribution in [-0.2, 0) is 4.74 Å². The van der Waals surface area contributed by atoms with E-state index in [0.29, 0.717) is 37.8 Å². The topological polar surface area (TPSA) is 85.1 Å². The van der Waals surface area contributed by atoms with Crippen molar-refractivity contribution < 1.29 is 19.5 Å². The molecule has 124 valence electrons. The number of nitro groups is 1. The van der Waals surface area contributed by atoms with E-state index in [1.165, 1.54) is 6.07 Å². The van der Waals surface area contributed by atoms with Crippen LogP contribution in [0.5, 0.6) is 5.75 Å². The van der Waals surface area contributed by atoms with Crippen molar-refractivity contribution in [3.8, 4) is 5.75 Å². The van der Waals surface area contributed by atoms with Crippen LogP contribution in [0.1, 0.15) is 25.5 Å². The van der Waals surface area contributed by atoms with Gasteiger partial charge in [-0.05, 0) is 26.0 Å². The largest absolute Gasteiger partial charge is 0.460 e. The van der Waals surface area contributed by atoms with E-state index in [9.17, 15) is 15.2 Å². The average molecular weight is 320 g/mol. The molecule has 0 bridgehead atoms. The lowest BCUT2D eigenvalue weighted by Gasteiger charge is -2.32. The second kappa shape index (κ2) is 5.92. The van der Waals surface area contributed by atoms with Gasteiger partial charge in [-0.3, -0.25) is 15.0 Å². The number of nitrogens with zero attached hydrogens (tertiary/aromatic N) is 2. The highest BCUT2D eigenvalue weighted by Gasteiger charge is 2.37. The summed E-state index contributed by atoms with van der Waals surface area (Å²) in [5, 5.41) is 21.2. The van der Waals surface area contributed by atoms with Gasteiger partial charge >= 0.3 is 0 Å². The van der Waals surface area contributed by atoms with Crippen molar-refractivity contribution in [1.82, 2.24) is 4.90 Å². The fourth-order valence-electron chi connectivity index (χ4n) is 2.96. The van der Waals surface area contributed by atoms with Gasteiger partial charge in [-0.15, -0.1) is 0 Å². The molecule has 1 atom stereocenters. The van der Waals surface area contributed by atoms with Crippen molar-refractivity contribution in [2.75, 3.05) is 26.3 Å². The highest BCUT2D eigenvalue weighted by molar-refractivity contribution is 5.52. The fourth-order valence-corrected chi connectivity index (χ4v) is 2.96. The number of hydrogen-bond donors (Lipinski definition) is 1. The molecule has 1 fully saturated rings. The molecule has 2 heterocycles. The zero-order valence-electron chi connectivity index (χ0n) is 13.2. The van der Waals surface area contributed by atoms with Crippen molar-refractivity contribution in [1.29, 1.82) is 0 Å². The number of aliphatic hydroxyl groups is 1. The van der Waals surface area contributed by atoms with Crippen molar-refractivity contribution in [3.63, 3.8) is 0 Å². The molecule has 2 aliphatic rings. The molecule has 0 amide bonds. The molecule has 0 saturated carbocycles. The molecule has 3 rings (SSSR count). The van der Waals surface area contributed by atoms with Gasteiger partial charge in [-0.1, -0.05) is 0 Å². The molecule has 0 aliphatic carbocycles. The van der Waals surface area contributed by atoms with Gasteiger partial charge in [-0.2, -0.15) is 0 Å². The summed E-state index contributed by atoms with van der Waals surface area (Å²) in [6, 6.07) is 4.37. The minimum atomic E-state index is -1.03. The van der Waals surface area contributed by atoms with Gasteiger partial charge in [0.15, 0.2) is 0 Å². The molecule has 2 aliphatic heterocycles. The summed E-state index contributed by atoms with van der Waals surface area (Å²) < 4.78 is 11.3. The summed E-state index contributed by atoms with van der Waals surface area (Å²) in [6.45, 7) is 5.97. The van der Waals surface area contributed by atoms with E-state index in [2.05, 4.69) is 4.90 Å². The zero-order valence-corrected chi connectivity index (χ0v) is 13.2. The quantitative estimate of drug-likeness (QED) is 0.677. The lowest BCUT2D eigenvalue weighted by Crippen LogP contribution is -2.39.